The van der Waals surface area contributed by atoms with Crippen LogP contribution in [-0.2, 0) is 6.54 Å². The summed E-state index contributed by atoms with van der Waals surface area (Å²) < 4.78 is 0. The van der Waals surface area contributed by atoms with E-state index in [1.807, 2.05) is 12.3 Å². The lowest BCUT2D eigenvalue weighted by molar-refractivity contribution is 0.206. The predicted octanol–water partition coefficient (Wildman–Crippen LogP) is 4.28. The number of aromatic nitrogens is 1. The van der Waals surface area contributed by atoms with E-state index in [0.717, 1.165) is 18.8 Å². The zero-order valence-electron chi connectivity index (χ0n) is 14.2. The summed E-state index contributed by atoms with van der Waals surface area (Å²) in [7, 11) is 0. The molecule has 1 N–H and O–H groups in total. The first-order chi connectivity index (χ1) is 11.2. The van der Waals surface area contributed by atoms with E-state index < -0.39 is 0 Å². The van der Waals surface area contributed by atoms with Crippen LogP contribution in [0, 0.1) is 0 Å². The normalized spacial score (nSPS) is 19.0. The molecule has 1 aromatic carbocycles. The van der Waals surface area contributed by atoms with Gasteiger partial charge in [-0.3, -0.25) is 9.88 Å². The minimum atomic E-state index is 0.525. The second-order valence-electron chi connectivity index (χ2n) is 6.82. The molecule has 1 aliphatic heterocycles. The topological polar surface area (TPSA) is 28.2 Å². The van der Waals surface area contributed by atoms with Crippen LogP contribution in [0.15, 0.2) is 48.7 Å². The van der Waals surface area contributed by atoms with E-state index in [0.29, 0.717) is 12.0 Å². The largest absolute Gasteiger partial charge is 0.381 e. The number of piperidine rings is 1. The fourth-order valence-electron chi connectivity index (χ4n) is 3.24. The van der Waals surface area contributed by atoms with E-state index in [4.69, 9.17) is 0 Å². The van der Waals surface area contributed by atoms with Gasteiger partial charge in [-0.2, -0.15) is 0 Å². The van der Waals surface area contributed by atoms with Crippen molar-refractivity contribution in [3.63, 3.8) is 0 Å². The fraction of sp³-hybridized carbons (Fsp3) is 0.450. The van der Waals surface area contributed by atoms with Crippen molar-refractivity contribution in [3.05, 3.63) is 59.9 Å². The van der Waals surface area contributed by atoms with Crippen LogP contribution in [0.4, 0.5) is 5.69 Å². The molecule has 2 heterocycles. The Hall–Kier alpha value is -1.87. The van der Waals surface area contributed by atoms with Gasteiger partial charge >= 0.3 is 0 Å². The van der Waals surface area contributed by atoms with Crippen molar-refractivity contribution in [1.29, 1.82) is 0 Å². The maximum atomic E-state index is 4.45. The fourth-order valence-corrected chi connectivity index (χ4v) is 3.24. The predicted molar refractivity (Wildman–Crippen MR) is 96.7 cm³/mol. The van der Waals surface area contributed by atoms with Gasteiger partial charge in [-0.05, 0) is 55.1 Å². The van der Waals surface area contributed by atoms with Crippen LogP contribution in [0.3, 0.4) is 0 Å². The molecule has 1 aromatic heterocycles. The lowest BCUT2D eigenvalue weighted by Crippen LogP contribution is -2.41. The molecule has 0 radical (unpaired) electrons. The number of nitrogens with one attached hydrogen (secondary N) is 1. The maximum Gasteiger partial charge on any atom is 0.0543 e. The molecule has 3 heteroatoms. The summed E-state index contributed by atoms with van der Waals surface area (Å²) in [5, 5.41) is 3.70. The van der Waals surface area contributed by atoms with Gasteiger partial charge in [0.25, 0.3) is 0 Å². The number of hydrogen-bond donors (Lipinski definition) is 1. The molecule has 1 unspecified atom stereocenters. The van der Waals surface area contributed by atoms with E-state index in [1.165, 1.54) is 30.6 Å². The van der Waals surface area contributed by atoms with Crippen LogP contribution in [0.25, 0.3) is 0 Å². The number of benzene rings is 1. The minimum Gasteiger partial charge on any atom is -0.381 e. The highest BCUT2D eigenvalue weighted by Crippen LogP contribution is 2.20. The molecule has 0 aliphatic carbocycles. The Morgan fingerprint density at radius 1 is 1.17 bits per heavy atom. The van der Waals surface area contributed by atoms with Gasteiger partial charge in [0.15, 0.2) is 0 Å². The standard InChI is InChI=1S/C20H27N3/c1-16(2)17-8-10-18(11-9-17)22-20-7-5-13-23(15-20)14-19-6-3-4-12-21-19/h3-4,6,8-12,16,20,22H,5,7,13-15H2,1-2H3. The number of likely N-dealkylation sites (tertiary alicyclic amines) is 1. The highest BCUT2D eigenvalue weighted by molar-refractivity contribution is 5.46. The third kappa shape index (κ3) is 4.55. The zero-order chi connectivity index (χ0) is 16.1. The summed E-state index contributed by atoms with van der Waals surface area (Å²) >= 11 is 0. The Morgan fingerprint density at radius 3 is 2.70 bits per heavy atom. The van der Waals surface area contributed by atoms with Crippen molar-refractivity contribution in [3.8, 4) is 0 Å². The van der Waals surface area contributed by atoms with Crippen LogP contribution in [0.1, 0.15) is 43.9 Å². The first-order valence-electron chi connectivity index (χ1n) is 8.69. The van der Waals surface area contributed by atoms with Gasteiger partial charge in [-0.1, -0.05) is 32.0 Å². The molecule has 23 heavy (non-hydrogen) atoms. The Balaban J connectivity index is 1.56. The molecule has 3 rings (SSSR count). The van der Waals surface area contributed by atoms with Gasteiger partial charge in [0.1, 0.15) is 0 Å². The van der Waals surface area contributed by atoms with Crippen molar-refractivity contribution in [2.75, 3.05) is 18.4 Å². The smallest absolute Gasteiger partial charge is 0.0543 e. The molecular formula is C20H27N3. The molecule has 1 atom stereocenters. The highest BCUT2D eigenvalue weighted by atomic mass is 15.2. The summed E-state index contributed by atoms with van der Waals surface area (Å²) in [6.45, 7) is 7.67. The third-order valence-electron chi connectivity index (χ3n) is 4.57. The van der Waals surface area contributed by atoms with Crippen LogP contribution in [-0.4, -0.2) is 29.0 Å². The Labute approximate surface area is 139 Å². The van der Waals surface area contributed by atoms with Gasteiger partial charge in [0.05, 0.1) is 5.69 Å². The molecule has 0 amide bonds. The van der Waals surface area contributed by atoms with Gasteiger partial charge in [0, 0.05) is 31.0 Å². The second kappa shape index (κ2) is 7.60. The lowest BCUT2D eigenvalue weighted by atomic mass is 10.0. The van der Waals surface area contributed by atoms with E-state index in [-0.39, 0.29) is 0 Å². The first-order valence-corrected chi connectivity index (χ1v) is 8.69. The third-order valence-corrected chi connectivity index (χ3v) is 4.57. The number of nitrogens with zero attached hydrogens (tertiary/aromatic N) is 2. The average molecular weight is 309 g/mol. The summed E-state index contributed by atoms with van der Waals surface area (Å²) in [6.07, 6.45) is 4.37. The van der Waals surface area contributed by atoms with Crippen molar-refractivity contribution in [1.82, 2.24) is 9.88 Å². The minimum absolute atomic E-state index is 0.525. The Morgan fingerprint density at radius 2 is 2.00 bits per heavy atom. The summed E-state index contributed by atoms with van der Waals surface area (Å²) in [6, 6.07) is 15.6. The molecule has 3 nitrogen and oxygen atoms in total. The van der Waals surface area contributed by atoms with E-state index in [2.05, 4.69) is 65.4 Å². The van der Waals surface area contributed by atoms with Crippen LogP contribution >= 0.6 is 0 Å². The SMILES string of the molecule is CC(C)c1ccc(NC2CCCN(Cc3ccccn3)C2)cc1. The monoisotopic (exact) mass is 309 g/mol. The molecule has 122 valence electrons. The van der Waals surface area contributed by atoms with Crippen LogP contribution in [0.5, 0.6) is 0 Å². The van der Waals surface area contributed by atoms with Gasteiger partial charge in [0.2, 0.25) is 0 Å². The molecule has 1 saturated heterocycles. The molecular weight excluding hydrogens is 282 g/mol. The molecule has 1 fully saturated rings. The molecule has 1 aliphatic rings. The van der Waals surface area contributed by atoms with Crippen molar-refractivity contribution >= 4 is 5.69 Å². The van der Waals surface area contributed by atoms with E-state index in [9.17, 15) is 0 Å². The summed E-state index contributed by atoms with van der Waals surface area (Å²) in [5.41, 5.74) is 3.80. The maximum absolute atomic E-state index is 4.45. The van der Waals surface area contributed by atoms with Crippen LogP contribution in [0.2, 0.25) is 0 Å². The highest BCUT2D eigenvalue weighted by Gasteiger charge is 2.20. The molecule has 0 spiro atoms. The number of hydrogen-bond acceptors (Lipinski definition) is 3. The van der Waals surface area contributed by atoms with Gasteiger partial charge < -0.3 is 5.32 Å². The summed E-state index contributed by atoms with van der Waals surface area (Å²) in [5.74, 6) is 0.590. The zero-order valence-corrected chi connectivity index (χ0v) is 14.2. The van der Waals surface area contributed by atoms with E-state index >= 15 is 0 Å². The number of pyridine rings is 1. The first kappa shape index (κ1) is 16.0. The number of rotatable bonds is 5. The lowest BCUT2D eigenvalue weighted by Gasteiger charge is -2.33. The van der Waals surface area contributed by atoms with Crippen molar-refractivity contribution in [2.24, 2.45) is 0 Å². The quantitative estimate of drug-likeness (QED) is 0.893. The number of anilines is 1. The van der Waals surface area contributed by atoms with E-state index in [1.54, 1.807) is 0 Å². The van der Waals surface area contributed by atoms with Crippen LogP contribution < -0.4 is 5.32 Å². The Bertz CT molecular complexity index is 592. The average Bonchev–Trinajstić information content (AvgIpc) is 2.57. The Kier molecular flexibility index (Phi) is 5.29. The van der Waals surface area contributed by atoms with Gasteiger partial charge in [-0.25, -0.2) is 0 Å². The summed E-state index contributed by atoms with van der Waals surface area (Å²) in [4.78, 5) is 6.95. The van der Waals surface area contributed by atoms with Gasteiger partial charge in [-0.15, -0.1) is 0 Å². The molecule has 2 aromatic rings. The second-order valence-corrected chi connectivity index (χ2v) is 6.82. The molecule has 0 bridgehead atoms. The van der Waals surface area contributed by atoms with Crippen molar-refractivity contribution in [2.45, 2.75) is 45.2 Å². The van der Waals surface area contributed by atoms with Crippen molar-refractivity contribution < 1.29 is 0 Å². The molecule has 0 saturated carbocycles.